The molecule has 10 heavy (non-hydrogen) atoms. The number of nitrogens with one attached hydrogen (secondary N) is 1. The molecule has 0 aromatic rings. The standard InChI is InChI=1S/C7H13NO2/c1-5(6(2)9)4-7(10)8-3/h5H,4H2,1-3H3,(H,8,10). The van der Waals surface area contributed by atoms with E-state index in [1.807, 2.05) is 0 Å². The third-order valence-corrected chi connectivity index (χ3v) is 1.46. The Morgan fingerprint density at radius 2 is 2.00 bits per heavy atom. The second-order valence-corrected chi connectivity index (χ2v) is 2.39. The SMILES string of the molecule is CNC(=O)CC(C)C(C)=O. The lowest BCUT2D eigenvalue weighted by Crippen LogP contribution is -2.22. The molecule has 1 amide bonds. The van der Waals surface area contributed by atoms with Crippen molar-refractivity contribution in [2.45, 2.75) is 20.3 Å². The fourth-order valence-corrected chi connectivity index (χ4v) is 0.524. The Morgan fingerprint density at radius 3 is 2.30 bits per heavy atom. The lowest BCUT2D eigenvalue weighted by molar-refractivity contribution is -0.127. The van der Waals surface area contributed by atoms with E-state index in [0.29, 0.717) is 6.42 Å². The number of amides is 1. The molecule has 0 aliphatic carbocycles. The number of carbonyl (C=O) groups excluding carboxylic acids is 2. The molecule has 0 spiro atoms. The zero-order chi connectivity index (χ0) is 8.15. The quantitative estimate of drug-likeness (QED) is 0.619. The molecule has 3 nitrogen and oxygen atoms in total. The maximum atomic E-state index is 10.7. The molecule has 0 aromatic heterocycles. The van der Waals surface area contributed by atoms with E-state index in [1.54, 1.807) is 14.0 Å². The second-order valence-electron chi connectivity index (χ2n) is 2.39. The van der Waals surface area contributed by atoms with Crippen molar-refractivity contribution in [3.63, 3.8) is 0 Å². The van der Waals surface area contributed by atoms with Crippen LogP contribution in [0.15, 0.2) is 0 Å². The van der Waals surface area contributed by atoms with E-state index in [9.17, 15) is 9.59 Å². The minimum absolute atomic E-state index is 0.0589. The smallest absolute Gasteiger partial charge is 0.220 e. The van der Waals surface area contributed by atoms with Crippen LogP contribution in [0.2, 0.25) is 0 Å². The highest BCUT2D eigenvalue weighted by Gasteiger charge is 2.10. The minimum atomic E-state index is -0.153. The summed E-state index contributed by atoms with van der Waals surface area (Å²) in [5.74, 6) is -0.175. The highest BCUT2D eigenvalue weighted by atomic mass is 16.2. The van der Waals surface area contributed by atoms with Crippen LogP contribution in [0.1, 0.15) is 20.3 Å². The lowest BCUT2D eigenvalue weighted by Gasteiger charge is -2.04. The zero-order valence-corrected chi connectivity index (χ0v) is 6.60. The molecule has 0 saturated carbocycles. The summed E-state index contributed by atoms with van der Waals surface area (Å²) in [6.07, 6.45) is 0.297. The Bertz CT molecular complexity index is 143. The highest BCUT2D eigenvalue weighted by Crippen LogP contribution is 2.01. The van der Waals surface area contributed by atoms with Gasteiger partial charge in [-0.3, -0.25) is 9.59 Å². The van der Waals surface area contributed by atoms with Crippen molar-refractivity contribution < 1.29 is 9.59 Å². The van der Waals surface area contributed by atoms with Crippen molar-refractivity contribution in [2.75, 3.05) is 7.05 Å². The van der Waals surface area contributed by atoms with Crippen LogP contribution in [-0.2, 0) is 9.59 Å². The van der Waals surface area contributed by atoms with Gasteiger partial charge in [-0.2, -0.15) is 0 Å². The average Bonchev–Trinajstić information content (AvgIpc) is 1.87. The number of carbonyl (C=O) groups is 2. The van der Waals surface area contributed by atoms with Gasteiger partial charge in [0.05, 0.1) is 0 Å². The van der Waals surface area contributed by atoms with Gasteiger partial charge in [0.25, 0.3) is 0 Å². The first-order chi connectivity index (χ1) is 4.57. The van der Waals surface area contributed by atoms with E-state index in [2.05, 4.69) is 5.32 Å². The van der Waals surface area contributed by atoms with Crippen LogP contribution in [0.25, 0.3) is 0 Å². The molecule has 0 bridgehead atoms. The summed E-state index contributed by atoms with van der Waals surface area (Å²) in [7, 11) is 1.56. The van der Waals surface area contributed by atoms with Crippen molar-refractivity contribution >= 4 is 11.7 Å². The zero-order valence-electron chi connectivity index (χ0n) is 6.60. The van der Waals surface area contributed by atoms with Gasteiger partial charge in [0, 0.05) is 19.4 Å². The van der Waals surface area contributed by atoms with Crippen molar-refractivity contribution in [1.82, 2.24) is 5.32 Å². The van der Waals surface area contributed by atoms with Crippen LogP contribution in [0.4, 0.5) is 0 Å². The number of hydrogen-bond donors (Lipinski definition) is 1. The van der Waals surface area contributed by atoms with Crippen LogP contribution >= 0.6 is 0 Å². The monoisotopic (exact) mass is 143 g/mol. The van der Waals surface area contributed by atoms with E-state index in [0.717, 1.165) is 0 Å². The van der Waals surface area contributed by atoms with Crippen molar-refractivity contribution in [3.05, 3.63) is 0 Å². The second kappa shape index (κ2) is 4.04. The molecule has 0 heterocycles. The molecule has 0 aromatic carbocycles. The van der Waals surface area contributed by atoms with Gasteiger partial charge >= 0.3 is 0 Å². The van der Waals surface area contributed by atoms with E-state index < -0.39 is 0 Å². The molecule has 1 unspecified atom stereocenters. The summed E-state index contributed by atoms with van der Waals surface area (Å²) in [6.45, 7) is 3.24. The number of ketones is 1. The Kier molecular flexibility index (Phi) is 3.69. The largest absolute Gasteiger partial charge is 0.359 e. The molecule has 1 N–H and O–H groups in total. The van der Waals surface area contributed by atoms with Crippen LogP contribution in [-0.4, -0.2) is 18.7 Å². The average molecular weight is 143 g/mol. The summed E-state index contributed by atoms with van der Waals surface area (Å²) < 4.78 is 0. The lowest BCUT2D eigenvalue weighted by atomic mass is 10.0. The molecule has 0 aliphatic heterocycles. The summed E-state index contributed by atoms with van der Waals surface area (Å²) in [4.78, 5) is 21.3. The highest BCUT2D eigenvalue weighted by molar-refractivity contribution is 5.85. The Balaban J connectivity index is 3.68. The molecule has 58 valence electrons. The summed E-state index contributed by atoms with van der Waals surface area (Å²) in [6, 6.07) is 0. The van der Waals surface area contributed by atoms with Crippen LogP contribution < -0.4 is 5.32 Å². The molecular weight excluding hydrogens is 130 g/mol. The summed E-state index contributed by atoms with van der Waals surface area (Å²) in [5.41, 5.74) is 0. The predicted octanol–water partition coefficient (Wildman–Crippen LogP) is 0.348. The number of rotatable bonds is 3. The molecule has 3 heteroatoms. The maximum Gasteiger partial charge on any atom is 0.220 e. The van der Waals surface area contributed by atoms with Crippen LogP contribution in [0, 0.1) is 5.92 Å². The van der Waals surface area contributed by atoms with E-state index >= 15 is 0 Å². The molecule has 0 fully saturated rings. The van der Waals surface area contributed by atoms with Gasteiger partial charge < -0.3 is 5.32 Å². The predicted molar refractivity (Wildman–Crippen MR) is 38.5 cm³/mol. The van der Waals surface area contributed by atoms with Crippen molar-refractivity contribution in [1.29, 1.82) is 0 Å². The van der Waals surface area contributed by atoms with E-state index in [-0.39, 0.29) is 17.6 Å². The van der Waals surface area contributed by atoms with Gasteiger partial charge in [-0.15, -0.1) is 0 Å². The number of hydrogen-bond acceptors (Lipinski definition) is 2. The Hall–Kier alpha value is -0.860. The Morgan fingerprint density at radius 1 is 1.50 bits per heavy atom. The molecule has 1 atom stereocenters. The van der Waals surface area contributed by atoms with Crippen molar-refractivity contribution in [2.24, 2.45) is 5.92 Å². The van der Waals surface area contributed by atoms with Crippen LogP contribution in [0.5, 0.6) is 0 Å². The Labute approximate surface area is 60.8 Å². The molecular formula is C7H13NO2. The molecule has 0 radical (unpaired) electrons. The fraction of sp³-hybridized carbons (Fsp3) is 0.714. The van der Waals surface area contributed by atoms with Gasteiger partial charge in [-0.25, -0.2) is 0 Å². The van der Waals surface area contributed by atoms with E-state index in [1.165, 1.54) is 6.92 Å². The van der Waals surface area contributed by atoms with Gasteiger partial charge in [-0.1, -0.05) is 6.92 Å². The van der Waals surface area contributed by atoms with Crippen LogP contribution in [0.3, 0.4) is 0 Å². The normalized spacial score (nSPS) is 12.3. The molecule has 0 aliphatic rings. The first-order valence-corrected chi connectivity index (χ1v) is 3.29. The maximum absolute atomic E-state index is 10.7. The van der Waals surface area contributed by atoms with Gasteiger partial charge in [0.15, 0.2) is 0 Å². The first kappa shape index (κ1) is 9.14. The summed E-state index contributed by atoms with van der Waals surface area (Å²) >= 11 is 0. The topological polar surface area (TPSA) is 46.2 Å². The third-order valence-electron chi connectivity index (χ3n) is 1.46. The third kappa shape index (κ3) is 3.22. The number of Topliss-reactive ketones (excluding diaryl/α,β-unsaturated/α-hetero) is 1. The fourth-order valence-electron chi connectivity index (χ4n) is 0.524. The first-order valence-electron chi connectivity index (χ1n) is 3.29. The van der Waals surface area contributed by atoms with Gasteiger partial charge in [-0.05, 0) is 6.92 Å². The van der Waals surface area contributed by atoms with Gasteiger partial charge in [0.2, 0.25) is 5.91 Å². The molecule has 0 rings (SSSR count). The minimum Gasteiger partial charge on any atom is -0.359 e. The van der Waals surface area contributed by atoms with Crippen molar-refractivity contribution in [3.8, 4) is 0 Å². The van der Waals surface area contributed by atoms with Gasteiger partial charge in [0.1, 0.15) is 5.78 Å². The van der Waals surface area contributed by atoms with E-state index in [4.69, 9.17) is 0 Å². The molecule has 0 saturated heterocycles. The summed E-state index contributed by atoms with van der Waals surface area (Å²) in [5, 5.41) is 2.46.